The molecular formula is C15H16BrFN2. The molecule has 0 aliphatic heterocycles. The summed E-state index contributed by atoms with van der Waals surface area (Å²) in [5.74, 6) is -0.340. The van der Waals surface area contributed by atoms with Crippen molar-refractivity contribution in [1.82, 2.24) is 0 Å². The fourth-order valence-corrected chi connectivity index (χ4v) is 2.22. The summed E-state index contributed by atoms with van der Waals surface area (Å²) in [6.45, 7) is 0.803. The van der Waals surface area contributed by atoms with Crippen LogP contribution in [-0.4, -0.2) is 6.54 Å². The topological polar surface area (TPSA) is 38.0 Å². The smallest absolute Gasteiger partial charge is 0.139 e. The molecule has 0 bridgehead atoms. The summed E-state index contributed by atoms with van der Waals surface area (Å²) in [4.78, 5) is 0. The highest BCUT2D eigenvalue weighted by atomic mass is 79.9. The minimum absolute atomic E-state index is 0.340. The van der Waals surface area contributed by atoms with Crippen LogP contribution in [0, 0.1) is 5.82 Å². The van der Waals surface area contributed by atoms with Crippen LogP contribution in [-0.2, 0) is 6.42 Å². The molecule has 0 unspecified atom stereocenters. The van der Waals surface area contributed by atoms with Gasteiger partial charge in [-0.25, -0.2) is 4.39 Å². The normalized spacial score (nSPS) is 10.4. The second-order valence-corrected chi connectivity index (χ2v) is 5.22. The van der Waals surface area contributed by atoms with Crippen LogP contribution in [0.25, 0.3) is 0 Å². The second-order valence-electron chi connectivity index (χ2n) is 4.37. The van der Waals surface area contributed by atoms with Crippen molar-refractivity contribution in [2.45, 2.75) is 12.8 Å². The maximum Gasteiger partial charge on any atom is 0.139 e. The van der Waals surface area contributed by atoms with Crippen LogP contribution in [0.5, 0.6) is 0 Å². The largest absolute Gasteiger partial charge is 0.397 e. The summed E-state index contributed by atoms with van der Waals surface area (Å²) in [5, 5.41) is 3.23. The zero-order chi connectivity index (χ0) is 13.7. The molecule has 0 saturated carbocycles. The molecule has 3 N–H and O–H groups in total. The molecule has 0 saturated heterocycles. The van der Waals surface area contributed by atoms with E-state index in [2.05, 4.69) is 33.4 Å². The third-order valence-electron chi connectivity index (χ3n) is 2.89. The third-order valence-corrected chi connectivity index (χ3v) is 3.50. The second kappa shape index (κ2) is 6.57. The third kappa shape index (κ3) is 3.96. The first-order chi connectivity index (χ1) is 9.16. The summed E-state index contributed by atoms with van der Waals surface area (Å²) in [7, 11) is 0. The van der Waals surface area contributed by atoms with E-state index in [1.807, 2.05) is 18.2 Å². The van der Waals surface area contributed by atoms with Gasteiger partial charge in [-0.1, -0.05) is 30.3 Å². The number of rotatable bonds is 5. The average molecular weight is 323 g/mol. The number of anilines is 2. The molecule has 0 radical (unpaired) electrons. The number of hydrogen-bond acceptors (Lipinski definition) is 2. The standard InChI is InChI=1S/C15H16BrFN2/c16-12-9-15(14(18)10-13(12)17)19-8-4-7-11-5-2-1-3-6-11/h1-3,5-6,9-10,19H,4,7-8,18H2. The van der Waals surface area contributed by atoms with Gasteiger partial charge in [-0.05, 0) is 40.4 Å². The number of benzene rings is 2. The van der Waals surface area contributed by atoms with E-state index in [-0.39, 0.29) is 5.82 Å². The van der Waals surface area contributed by atoms with Crippen molar-refractivity contribution in [2.24, 2.45) is 0 Å². The Labute approximate surface area is 121 Å². The number of nitrogens with one attached hydrogen (secondary N) is 1. The van der Waals surface area contributed by atoms with Crippen LogP contribution >= 0.6 is 15.9 Å². The van der Waals surface area contributed by atoms with Crippen molar-refractivity contribution < 1.29 is 4.39 Å². The lowest BCUT2D eigenvalue weighted by atomic mass is 10.1. The monoisotopic (exact) mass is 322 g/mol. The Hall–Kier alpha value is -1.55. The van der Waals surface area contributed by atoms with Crippen molar-refractivity contribution in [3.8, 4) is 0 Å². The summed E-state index contributed by atoms with van der Waals surface area (Å²) in [5.41, 5.74) is 8.27. The number of nitrogens with two attached hydrogens (primary N) is 1. The molecule has 100 valence electrons. The van der Waals surface area contributed by atoms with Crippen molar-refractivity contribution in [3.05, 3.63) is 58.3 Å². The molecule has 0 fully saturated rings. The van der Waals surface area contributed by atoms with Crippen LogP contribution in [0.4, 0.5) is 15.8 Å². The first kappa shape index (κ1) is 13.9. The van der Waals surface area contributed by atoms with E-state index < -0.39 is 0 Å². The maximum absolute atomic E-state index is 13.2. The van der Waals surface area contributed by atoms with Gasteiger partial charge in [-0.15, -0.1) is 0 Å². The Bertz CT molecular complexity index is 543. The Balaban J connectivity index is 1.85. The van der Waals surface area contributed by atoms with Crippen LogP contribution in [0.3, 0.4) is 0 Å². The molecular weight excluding hydrogens is 307 g/mol. The van der Waals surface area contributed by atoms with E-state index in [1.54, 1.807) is 6.07 Å². The first-order valence-electron chi connectivity index (χ1n) is 6.19. The molecule has 2 aromatic carbocycles. The predicted octanol–water partition coefficient (Wildman–Crippen LogP) is 4.22. The Morgan fingerprint density at radius 3 is 2.63 bits per heavy atom. The molecule has 19 heavy (non-hydrogen) atoms. The molecule has 2 rings (SSSR count). The van der Waals surface area contributed by atoms with Gasteiger partial charge in [-0.3, -0.25) is 0 Å². The van der Waals surface area contributed by atoms with E-state index >= 15 is 0 Å². The lowest BCUT2D eigenvalue weighted by Gasteiger charge is -2.10. The molecule has 4 heteroatoms. The van der Waals surface area contributed by atoms with Gasteiger partial charge in [0.25, 0.3) is 0 Å². The van der Waals surface area contributed by atoms with Gasteiger partial charge >= 0.3 is 0 Å². The van der Waals surface area contributed by atoms with Gasteiger partial charge in [0.2, 0.25) is 0 Å². The molecule has 0 heterocycles. The highest BCUT2D eigenvalue weighted by Gasteiger charge is 2.05. The fraction of sp³-hybridized carbons (Fsp3) is 0.200. The maximum atomic E-state index is 13.2. The minimum atomic E-state index is -0.340. The Kier molecular flexibility index (Phi) is 4.80. The highest BCUT2D eigenvalue weighted by Crippen LogP contribution is 2.26. The summed E-state index contributed by atoms with van der Waals surface area (Å²) in [6, 6.07) is 13.3. The molecule has 2 nitrogen and oxygen atoms in total. The van der Waals surface area contributed by atoms with Crippen molar-refractivity contribution in [2.75, 3.05) is 17.6 Å². The van der Waals surface area contributed by atoms with Crippen LogP contribution in [0.1, 0.15) is 12.0 Å². The van der Waals surface area contributed by atoms with Crippen molar-refractivity contribution in [3.63, 3.8) is 0 Å². The minimum Gasteiger partial charge on any atom is -0.397 e. The summed E-state index contributed by atoms with van der Waals surface area (Å²) < 4.78 is 13.6. The molecule has 0 atom stereocenters. The van der Waals surface area contributed by atoms with E-state index in [1.165, 1.54) is 11.6 Å². The summed E-state index contributed by atoms with van der Waals surface area (Å²) in [6.07, 6.45) is 2.01. The number of halogens is 2. The number of nitrogen functional groups attached to an aromatic ring is 1. The quantitative estimate of drug-likeness (QED) is 0.639. The van der Waals surface area contributed by atoms with Gasteiger partial charge in [0.05, 0.1) is 15.8 Å². The van der Waals surface area contributed by atoms with Crippen LogP contribution in [0.15, 0.2) is 46.9 Å². The fourth-order valence-electron chi connectivity index (χ4n) is 1.88. The zero-order valence-corrected chi connectivity index (χ0v) is 12.1. The van der Waals surface area contributed by atoms with Crippen LogP contribution < -0.4 is 11.1 Å². The van der Waals surface area contributed by atoms with E-state index in [0.29, 0.717) is 10.2 Å². The van der Waals surface area contributed by atoms with Crippen molar-refractivity contribution in [1.29, 1.82) is 0 Å². The SMILES string of the molecule is Nc1cc(F)c(Br)cc1NCCCc1ccccc1. The summed E-state index contributed by atoms with van der Waals surface area (Å²) >= 11 is 3.16. The van der Waals surface area contributed by atoms with Crippen molar-refractivity contribution >= 4 is 27.3 Å². The lowest BCUT2D eigenvalue weighted by molar-refractivity contribution is 0.622. The predicted molar refractivity (Wildman–Crippen MR) is 81.8 cm³/mol. The van der Waals surface area contributed by atoms with Gasteiger partial charge in [0.1, 0.15) is 5.82 Å². The van der Waals surface area contributed by atoms with Gasteiger partial charge in [0.15, 0.2) is 0 Å². The lowest BCUT2D eigenvalue weighted by Crippen LogP contribution is -2.06. The zero-order valence-electron chi connectivity index (χ0n) is 10.5. The molecule has 0 aromatic heterocycles. The highest BCUT2D eigenvalue weighted by molar-refractivity contribution is 9.10. The molecule has 0 spiro atoms. The van der Waals surface area contributed by atoms with E-state index in [4.69, 9.17) is 5.73 Å². The van der Waals surface area contributed by atoms with Gasteiger partial charge in [-0.2, -0.15) is 0 Å². The Morgan fingerprint density at radius 1 is 1.16 bits per heavy atom. The molecule has 0 aliphatic carbocycles. The van der Waals surface area contributed by atoms with E-state index in [9.17, 15) is 4.39 Å². The van der Waals surface area contributed by atoms with Gasteiger partial charge in [0, 0.05) is 12.6 Å². The number of hydrogen-bond donors (Lipinski definition) is 2. The average Bonchev–Trinajstić information content (AvgIpc) is 2.41. The number of aryl methyl sites for hydroxylation is 1. The Morgan fingerprint density at radius 2 is 1.89 bits per heavy atom. The molecule has 0 aliphatic rings. The first-order valence-corrected chi connectivity index (χ1v) is 6.98. The van der Waals surface area contributed by atoms with Crippen LogP contribution in [0.2, 0.25) is 0 Å². The molecule has 0 amide bonds. The van der Waals surface area contributed by atoms with E-state index in [0.717, 1.165) is 25.1 Å². The molecule has 2 aromatic rings. The van der Waals surface area contributed by atoms with Gasteiger partial charge < -0.3 is 11.1 Å².